The molecule has 0 saturated carbocycles. The number of nitrogens with one attached hydrogen (secondary N) is 2. The van der Waals surface area contributed by atoms with Crippen molar-refractivity contribution in [3.8, 4) is 0 Å². The SMILES string of the molecule is CNc1nc2c(c(Nc3ccc(C(C)(C)C)cc3)n1)CCN(c1ncccc1C(F)(F)F)C(CCN(C)C)C2. The molecule has 1 unspecified atom stereocenters. The van der Waals surface area contributed by atoms with E-state index in [4.69, 9.17) is 9.97 Å². The molecule has 0 bridgehead atoms. The van der Waals surface area contributed by atoms with Crippen LogP contribution in [0.3, 0.4) is 0 Å². The molecule has 0 fully saturated rings. The molecule has 0 aliphatic carbocycles. The molecule has 7 nitrogen and oxygen atoms in total. The molecule has 0 radical (unpaired) electrons. The number of aromatic nitrogens is 3. The first kappa shape index (κ1) is 28.6. The quantitative estimate of drug-likeness (QED) is 0.386. The summed E-state index contributed by atoms with van der Waals surface area (Å²) in [6.07, 6.45) is -1.45. The van der Waals surface area contributed by atoms with E-state index in [2.05, 4.69) is 48.5 Å². The van der Waals surface area contributed by atoms with Crippen LogP contribution in [-0.4, -0.2) is 60.1 Å². The van der Waals surface area contributed by atoms with Gasteiger partial charge >= 0.3 is 6.18 Å². The fourth-order valence-corrected chi connectivity index (χ4v) is 4.91. The predicted molar refractivity (Wildman–Crippen MR) is 151 cm³/mol. The van der Waals surface area contributed by atoms with Gasteiger partial charge in [-0.15, -0.1) is 0 Å². The van der Waals surface area contributed by atoms with Crippen molar-refractivity contribution in [2.75, 3.05) is 49.8 Å². The van der Waals surface area contributed by atoms with Crippen LogP contribution in [-0.2, 0) is 24.4 Å². The number of hydrogen-bond acceptors (Lipinski definition) is 7. The Balaban J connectivity index is 1.73. The predicted octanol–water partition coefficient (Wildman–Crippen LogP) is 5.90. The summed E-state index contributed by atoms with van der Waals surface area (Å²) in [5, 5.41) is 6.50. The second-order valence-corrected chi connectivity index (χ2v) is 11.3. The van der Waals surface area contributed by atoms with Gasteiger partial charge in [-0.05, 0) is 68.7 Å². The van der Waals surface area contributed by atoms with Crippen molar-refractivity contribution in [1.82, 2.24) is 19.9 Å². The summed E-state index contributed by atoms with van der Waals surface area (Å²) >= 11 is 0. The zero-order valence-electron chi connectivity index (χ0n) is 23.5. The minimum atomic E-state index is -4.50. The lowest BCUT2D eigenvalue weighted by Crippen LogP contribution is -2.40. The van der Waals surface area contributed by atoms with Gasteiger partial charge in [0, 0.05) is 43.5 Å². The van der Waals surface area contributed by atoms with Crippen LogP contribution in [0.25, 0.3) is 0 Å². The number of anilines is 4. The second kappa shape index (κ2) is 11.4. The molecule has 0 spiro atoms. The Morgan fingerprint density at radius 2 is 1.77 bits per heavy atom. The van der Waals surface area contributed by atoms with E-state index in [0.29, 0.717) is 37.6 Å². The Labute approximate surface area is 228 Å². The van der Waals surface area contributed by atoms with Crippen LogP contribution in [0.4, 0.5) is 36.4 Å². The third-order valence-corrected chi connectivity index (χ3v) is 7.08. The van der Waals surface area contributed by atoms with Crippen LogP contribution < -0.4 is 15.5 Å². The topological polar surface area (TPSA) is 69.2 Å². The highest BCUT2D eigenvalue weighted by atomic mass is 19.4. The Morgan fingerprint density at radius 3 is 2.38 bits per heavy atom. The summed E-state index contributed by atoms with van der Waals surface area (Å²) in [6.45, 7) is 7.60. The maximum Gasteiger partial charge on any atom is 0.419 e. The van der Waals surface area contributed by atoms with Crippen molar-refractivity contribution in [3.05, 3.63) is 65.0 Å². The number of hydrogen-bond donors (Lipinski definition) is 2. The van der Waals surface area contributed by atoms with Crippen LogP contribution in [0.15, 0.2) is 42.6 Å². The van der Waals surface area contributed by atoms with Crippen molar-refractivity contribution >= 4 is 23.3 Å². The molecule has 0 amide bonds. The molecule has 0 saturated heterocycles. The monoisotopic (exact) mass is 541 g/mol. The highest BCUT2D eigenvalue weighted by molar-refractivity contribution is 5.63. The summed E-state index contributed by atoms with van der Waals surface area (Å²) < 4.78 is 42.0. The number of fused-ring (bicyclic) bond motifs is 1. The fourth-order valence-electron chi connectivity index (χ4n) is 4.91. The molecular formula is C29H38F3N7. The summed E-state index contributed by atoms with van der Waals surface area (Å²) in [5.74, 6) is 1.10. The number of halogens is 3. The lowest BCUT2D eigenvalue weighted by Gasteiger charge is -2.33. The molecule has 3 heterocycles. The maximum absolute atomic E-state index is 14.0. The van der Waals surface area contributed by atoms with E-state index in [1.165, 1.54) is 17.8 Å². The average molecular weight is 542 g/mol. The van der Waals surface area contributed by atoms with E-state index in [1.807, 2.05) is 36.0 Å². The molecular weight excluding hydrogens is 503 g/mol. The Kier molecular flexibility index (Phi) is 8.34. The van der Waals surface area contributed by atoms with Crippen molar-refractivity contribution < 1.29 is 13.2 Å². The first-order chi connectivity index (χ1) is 18.4. The van der Waals surface area contributed by atoms with Gasteiger partial charge < -0.3 is 20.4 Å². The summed E-state index contributed by atoms with van der Waals surface area (Å²) in [5.41, 5.74) is 3.18. The van der Waals surface area contributed by atoms with E-state index in [0.717, 1.165) is 29.6 Å². The normalized spacial score (nSPS) is 16.2. The van der Waals surface area contributed by atoms with E-state index in [1.54, 1.807) is 7.05 Å². The molecule has 2 aromatic heterocycles. The fraction of sp³-hybridized carbons (Fsp3) is 0.483. The van der Waals surface area contributed by atoms with Gasteiger partial charge in [0.1, 0.15) is 11.6 Å². The number of benzene rings is 1. The number of pyridine rings is 1. The van der Waals surface area contributed by atoms with Gasteiger partial charge in [0.25, 0.3) is 0 Å². The van der Waals surface area contributed by atoms with Gasteiger partial charge in [-0.2, -0.15) is 18.2 Å². The van der Waals surface area contributed by atoms with Gasteiger partial charge in [0.05, 0.1) is 11.3 Å². The number of nitrogens with zero attached hydrogens (tertiary/aromatic N) is 5. The van der Waals surface area contributed by atoms with Crippen LogP contribution >= 0.6 is 0 Å². The van der Waals surface area contributed by atoms with Crippen molar-refractivity contribution in [3.63, 3.8) is 0 Å². The molecule has 1 aliphatic rings. The van der Waals surface area contributed by atoms with Crippen LogP contribution in [0.5, 0.6) is 0 Å². The van der Waals surface area contributed by atoms with Crippen LogP contribution in [0.2, 0.25) is 0 Å². The van der Waals surface area contributed by atoms with Crippen molar-refractivity contribution in [2.45, 2.75) is 57.7 Å². The zero-order chi connectivity index (χ0) is 28.4. The summed E-state index contributed by atoms with van der Waals surface area (Å²) in [7, 11) is 5.69. The van der Waals surface area contributed by atoms with E-state index < -0.39 is 11.7 Å². The van der Waals surface area contributed by atoms with E-state index in [9.17, 15) is 13.2 Å². The van der Waals surface area contributed by atoms with Crippen LogP contribution in [0, 0.1) is 0 Å². The first-order valence-electron chi connectivity index (χ1n) is 13.3. The van der Waals surface area contributed by atoms with Crippen molar-refractivity contribution in [2.24, 2.45) is 0 Å². The number of rotatable bonds is 7. The smallest absolute Gasteiger partial charge is 0.357 e. The largest absolute Gasteiger partial charge is 0.419 e. The molecule has 2 N–H and O–H groups in total. The Hall–Kier alpha value is -3.40. The molecule has 210 valence electrons. The standard InChI is InChI=1S/C29H38F3N7/c1-28(2,3)19-9-11-20(12-10-19)35-25-22-14-17-39(26-23(29(30,31)32)8-7-15-34-26)21(13-16-38(5)6)18-24(22)36-27(33-4)37-25/h7-12,15,21H,13-14,16-18H2,1-6H3,(H2,33,35,36,37). The highest BCUT2D eigenvalue weighted by Crippen LogP contribution is 2.38. The molecule has 1 atom stereocenters. The molecule has 3 aromatic rings. The first-order valence-corrected chi connectivity index (χ1v) is 13.3. The average Bonchev–Trinajstić information content (AvgIpc) is 3.06. The lowest BCUT2D eigenvalue weighted by molar-refractivity contribution is -0.137. The van der Waals surface area contributed by atoms with Crippen molar-refractivity contribution in [1.29, 1.82) is 0 Å². The van der Waals surface area contributed by atoms with Gasteiger partial charge in [0.2, 0.25) is 5.95 Å². The second-order valence-electron chi connectivity index (χ2n) is 11.3. The van der Waals surface area contributed by atoms with Gasteiger partial charge in [-0.3, -0.25) is 0 Å². The summed E-state index contributed by atoms with van der Waals surface area (Å²) in [6, 6.07) is 10.5. The zero-order valence-corrected chi connectivity index (χ0v) is 23.5. The molecule has 1 aliphatic heterocycles. The van der Waals surface area contributed by atoms with E-state index >= 15 is 0 Å². The third-order valence-electron chi connectivity index (χ3n) is 7.08. The van der Waals surface area contributed by atoms with Gasteiger partial charge in [0.15, 0.2) is 0 Å². The van der Waals surface area contributed by atoms with E-state index in [-0.39, 0.29) is 17.3 Å². The highest BCUT2D eigenvalue weighted by Gasteiger charge is 2.38. The number of alkyl halides is 3. The summed E-state index contributed by atoms with van der Waals surface area (Å²) in [4.78, 5) is 17.6. The Bertz CT molecular complexity index is 1270. The van der Waals surface area contributed by atoms with Crippen LogP contribution in [0.1, 0.15) is 49.6 Å². The Morgan fingerprint density at radius 1 is 1.05 bits per heavy atom. The molecule has 10 heteroatoms. The maximum atomic E-state index is 14.0. The third kappa shape index (κ3) is 6.79. The lowest BCUT2D eigenvalue weighted by atomic mass is 9.87. The van der Waals surface area contributed by atoms with Gasteiger partial charge in [-0.25, -0.2) is 9.97 Å². The molecule has 4 rings (SSSR count). The molecule has 39 heavy (non-hydrogen) atoms. The minimum absolute atomic E-state index is 0.0318. The van der Waals surface area contributed by atoms with Gasteiger partial charge in [-0.1, -0.05) is 32.9 Å². The molecule has 1 aromatic carbocycles. The minimum Gasteiger partial charge on any atom is -0.357 e.